The van der Waals surface area contributed by atoms with Crippen LogP contribution in [0.25, 0.3) is 6.08 Å². The summed E-state index contributed by atoms with van der Waals surface area (Å²) < 4.78 is 5.03. The molecule has 1 aromatic rings. The fourth-order valence-electron chi connectivity index (χ4n) is 1.58. The molecule has 0 fully saturated rings. The number of hydrogen-bond donors (Lipinski definition) is 1. The Morgan fingerprint density at radius 3 is 2.93 bits per heavy atom. The lowest BCUT2D eigenvalue weighted by molar-refractivity contribution is -0.105. The number of carbonyl (C=O) groups is 1. The van der Waals surface area contributed by atoms with E-state index in [0.717, 1.165) is 11.1 Å². The molecule has 0 heterocycles. The van der Waals surface area contributed by atoms with E-state index in [1.165, 1.54) is 0 Å². The number of rotatable bonds is 2. The molecule has 1 aliphatic carbocycles. The van der Waals surface area contributed by atoms with E-state index in [9.17, 15) is 9.90 Å². The Bertz CT molecular complexity index is 407. The van der Waals surface area contributed by atoms with Gasteiger partial charge in [0.1, 0.15) is 18.1 Å². The first-order valence-corrected chi connectivity index (χ1v) is 4.29. The molecule has 0 saturated heterocycles. The van der Waals surface area contributed by atoms with Gasteiger partial charge >= 0.3 is 0 Å². The Morgan fingerprint density at radius 2 is 2.29 bits per heavy atom. The predicted molar refractivity (Wildman–Crippen MR) is 52.0 cm³/mol. The van der Waals surface area contributed by atoms with Crippen molar-refractivity contribution in [3.8, 4) is 5.75 Å². The van der Waals surface area contributed by atoms with Crippen molar-refractivity contribution in [2.45, 2.75) is 6.10 Å². The zero-order valence-corrected chi connectivity index (χ0v) is 7.73. The highest BCUT2D eigenvalue weighted by Crippen LogP contribution is 2.35. The van der Waals surface area contributed by atoms with E-state index in [1.807, 2.05) is 6.07 Å². The second kappa shape index (κ2) is 3.27. The number of ether oxygens (including phenoxy) is 1. The van der Waals surface area contributed by atoms with Crippen LogP contribution in [0.4, 0.5) is 0 Å². The van der Waals surface area contributed by atoms with Gasteiger partial charge in [0.05, 0.1) is 7.11 Å². The first-order chi connectivity index (χ1) is 6.76. The lowest BCUT2D eigenvalue weighted by atomic mass is 10.1. The highest BCUT2D eigenvalue weighted by molar-refractivity contribution is 5.87. The standard InChI is InChI=1S/C11H10O3/c1-14-9-3-2-7-4-8(6-12)11(13)10(7)5-9/h2-6,11,13H,1H3. The van der Waals surface area contributed by atoms with Gasteiger partial charge in [0.2, 0.25) is 0 Å². The Morgan fingerprint density at radius 1 is 1.50 bits per heavy atom. The molecule has 0 amide bonds. The van der Waals surface area contributed by atoms with Crippen molar-refractivity contribution in [3.05, 3.63) is 34.9 Å². The third-order valence-corrected chi connectivity index (χ3v) is 2.36. The van der Waals surface area contributed by atoms with Crippen LogP contribution in [-0.2, 0) is 4.79 Å². The van der Waals surface area contributed by atoms with E-state index >= 15 is 0 Å². The van der Waals surface area contributed by atoms with Crippen LogP contribution in [0, 0.1) is 0 Å². The highest BCUT2D eigenvalue weighted by Gasteiger charge is 2.22. The zero-order chi connectivity index (χ0) is 10.1. The zero-order valence-electron chi connectivity index (χ0n) is 7.73. The Labute approximate surface area is 81.6 Å². The summed E-state index contributed by atoms with van der Waals surface area (Å²) >= 11 is 0. The van der Waals surface area contributed by atoms with Crippen LogP contribution >= 0.6 is 0 Å². The molecule has 1 unspecified atom stereocenters. The van der Waals surface area contributed by atoms with E-state index < -0.39 is 6.10 Å². The Kier molecular flexibility index (Phi) is 2.09. The van der Waals surface area contributed by atoms with Gasteiger partial charge in [0.15, 0.2) is 0 Å². The van der Waals surface area contributed by atoms with Crippen LogP contribution in [0.2, 0.25) is 0 Å². The summed E-state index contributed by atoms with van der Waals surface area (Å²) in [6, 6.07) is 5.37. The molecule has 1 aliphatic rings. The third kappa shape index (κ3) is 1.22. The molecule has 2 rings (SSSR count). The number of fused-ring (bicyclic) bond motifs is 1. The Hall–Kier alpha value is -1.61. The molecule has 0 aliphatic heterocycles. The molecule has 1 aromatic carbocycles. The van der Waals surface area contributed by atoms with Crippen LogP contribution in [-0.4, -0.2) is 18.5 Å². The maximum atomic E-state index is 10.6. The number of benzene rings is 1. The number of methoxy groups -OCH3 is 1. The first kappa shape index (κ1) is 8.97. The lowest BCUT2D eigenvalue weighted by Crippen LogP contribution is -1.98. The normalized spacial score (nSPS) is 18.7. The number of aldehydes is 1. The minimum Gasteiger partial charge on any atom is -0.497 e. The molecule has 14 heavy (non-hydrogen) atoms. The van der Waals surface area contributed by atoms with Crippen molar-refractivity contribution in [1.82, 2.24) is 0 Å². The van der Waals surface area contributed by atoms with E-state index in [1.54, 1.807) is 25.3 Å². The number of carbonyl (C=O) groups excluding carboxylic acids is 1. The molecule has 0 bridgehead atoms. The fraction of sp³-hybridized carbons (Fsp3) is 0.182. The summed E-state index contributed by atoms with van der Waals surface area (Å²) in [6.07, 6.45) is 1.56. The monoisotopic (exact) mass is 190 g/mol. The third-order valence-electron chi connectivity index (χ3n) is 2.36. The summed E-state index contributed by atoms with van der Waals surface area (Å²) in [5.41, 5.74) is 2.00. The van der Waals surface area contributed by atoms with Crippen molar-refractivity contribution < 1.29 is 14.6 Å². The van der Waals surface area contributed by atoms with Gasteiger partial charge in [-0.15, -0.1) is 0 Å². The molecule has 0 spiro atoms. The van der Waals surface area contributed by atoms with Crippen molar-refractivity contribution in [1.29, 1.82) is 0 Å². The molecule has 1 atom stereocenters. The van der Waals surface area contributed by atoms with E-state index in [-0.39, 0.29) is 0 Å². The largest absolute Gasteiger partial charge is 0.497 e. The van der Waals surface area contributed by atoms with Gasteiger partial charge in [0, 0.05) is 5.57 Å². The molecule has 0 radical (unpaired) electrons. The molecule has 1 N–H and O–H groups in total. The lowest BCUT2D eigenvalue weighted by Gasteiger charge is -2.07. The van der Waals surface area contributed by atoms with Crippen molar-refractivity contribution >= 4 is 12.4 Å². The van der Waals surface area contributed by atoms with Crippen molar-refractivity contribution in [2.75, 3.05) is 7.11 Å². The van der Waals surface area contributed by atoms with Crippen LogP contribution in [0.3, 0.4) is 0 Å². The highest BCUT2D eigenvalue weighted by atomic mass is 16.5. The van der Waals surface area contributed by atoms with E-state index in [4.69, 9.17) is 4.74 Å². The summed E-state index contributed by atoms with van der Waals surface area (Å²) in [4.78, 5) is 10.6. The minimum atomic E-state index is -0.808. The van der Waals surface area contributed by atoms with Crippen molar-refractivity contribution in [2.24, 2.45) is 0 Å². The maximum Gasteiger partial charge on any atom is 0.149 e. The van der Waals surface area contributed by atoms with Gasteiger partial charge in [-0.3, -0.25) is 4.79 Å². The smallest absolute Gasteiger partial charge is 0.149 e. The van der Waals surface area contributed by atoms with E-state index in [0.29, 0.717) is 17.6 Å². The molecule has 72 valence electrons. The molecular formula is C11H10O3. The van der Waals surface area contributed by atoms with Crippen LogP contribution in [0.5, 0.6) is 5.75 Å². The molecule has 3 heteroatoms. The molecule has 0 saturated carbocycles. The number of aliphatic hydroxyl groups excluding tert-OH is 1. The van der Waals surface area contributed by atoms with Gasteiger partial charge in [-0.25, -0.2) is 0 Å². The Balaban J connectivity index is 2.47. The summed E-state index contributed by atoms with van der Waals surface area (Å²) in [5.74, 6) is 0.684. The van der Waals surface area contributed by atoms with Gasteiger partial charge in [-0.2, -0.15) is 0 Å². The van der Waals surface area contributed by atoms with Crippen LogP contribution in [0.15, 0.2) is 23.8 Å². The number of hydrogen-bond acceptors (Lipinski definition) is 3. The van der Waals surface area contributed by atoms with Crippen LogP contribution < -0.4 is 4.74 Å². The van der Waals surface area contributed by atoms with Gasteiger partial charge in [0.25, 0.3) is 0 Å². The minimum absolute atomic E-state index is 0.397. The summed E-state index contributed by atoms with van der Waals surface area (Å²) in [5, 5.41) is 9.71. The van der Waals surface area contributed by atoms with Gasteiger partial charge in [-0.05, 0) is 29.3 Å². The quantitative estimate of drug-likeness (QED) is 0.715. The molecule has 0 aromatic heterocycles. The van der Waals surface area contributed by atoms with Crippen LogP contribution in [0.1, 0.15) is 17.2 Å². The van der Waals surface area contributed by atoms with Gasteiger partial charge < -0.3 is 9.84 Å². The summed E-state index contributed by atoms with van der Waals surface area (Å²) in [6.45, 7) is 0. The van der Waals surface area contributed by atoms with E-state index in [2.05, 4.69) is 0 Å². The fourth-order valence-corrected chi connectivity index (χ4v) is 1.58. The molecular weight excluding hydrogens is 180 g/mol. The summed E-state index contributed by atoms with van der Waals surface area (Å²) in [7, 11) is 1.57. The second-order valence-corrected chi connectivity index (χ2v) is 3.16. The van der Waals surface area contributed by atoms with Gasteiger partial charge in [-0.1, -0.05) is 6.07 Å². The average molecular weight is 190 g/mol. The topological polar surface area (TPSA) is 46.5 Å². The predicted octanol–water partition coefficient (Wildman–Crippen LogP) is 1.32. The molecule has 3 nitrogen and oxygen atoms in total. The average Bonchev–Trinajstić information content (AvgIpc) is 2.55. The van der Waals surface area contributed by atoms with Crippen molar-refractivity contribution in [3.63, 3.8) is 0 Å². The second-order valence-electron chi connectivity index (χ2n) is 3.16. The first-order valence-electron chi connectivity index (χ1n) is 4.29. The SMILES string of the molecule is COc1ccc2c(c1)C(O)C(C=O)=C2. The number of aliphatic hydroxyl groups is 1. The maximum absolute atomic E-state index is 10.6.